The normalized spacial score (nSPS) is 29.4. The van der Waals surface area contributed by atoms with Crippen molar-refractivity contribution in [2.24, 2.45) is 5.92 Å². The first kappa shape index (κ1) is 17.7. The van der Waals surface area contributed by atoms with Crippen LogP contribution < -0.4 is 9.46 Å². The van der Waals surface area contributed by atoms with Gasteiger partial charge in [0.1, 0.15) is 5.75 Å². The first-order valence-corrected chi connectivity index (χ1v) is 9.84. The minimum atomic E-state index is -3.57. The Hall–Kier alpha value is -1.15. The van der Waals surface area contributed by atoms with Crippen LogP contribution in [0.3, 0.4) is 0 Å². The summed E-state index contributed by atoms with van der Waals surface area (Å²) in [5.74, 6) is 0.978. The van der Waals surface area contributed by atoms with Gasteiger partial charge in [-0.1, -0.05) is 6.92 Å². The van der Waals surface area contributed by atoms with E-state index in [0.29, 0.717) is 11.5 Å². The van der Waals surface area contributed by atoms with Crippen molar-refractivity contribution in [2.45, 2.75) is 42.8 Å². The Bertz CT molecular complexity index is 705. The quantitative estimate of drug-likeness (QED) is 0.833. The molecule has 1 heterocycles. The van der Waals surface area contributed by atoms with Gasteiger partial charge in [-0.2, -0.15) is 0 Å². The predicted molar refractivity (Wildman–Crippen MR) is 91.8 cm³/mol. The maximum Gasteiger partial charge on any atom is 0.240 e. The van der Waals surface area contributed by atoms with Crippen molar-refractivity contribution in [1.82, 2.24) is 9.62 Å². The maximum absolute atomic E-state index is 12.8. The van der Waals surface area contributed by atoms with Crippen molar-refractivity contribution in [3.8, 4) is 5.75 Å². The van der Waals surface area contributed by atoms with Gasteiger partial charge in [0.25, 0.3) is 0 Å². The van der Waals surface area contributed by atoms with Crippen LogP contribution in [0.5, 0.6) is 5.75 Å². The average Bonchev–Trinajstić information content (AvgIpc) is 2.95. The fourth-order valence-electron chi connectivity index (χ4n) is 3.89. The highest BCUT2D eigenvalue weighted by Crippen LogP contribution is 2.41. The van der Waals surface area contributed by atoms with Crippen molar-refractivity contribution in [3.05, 3.63) is 23.8 Å². The van der Waals surface area contributed by atoms with Crippen LogP contribution in [0.15, 0.2) is 23.1 Å². The lowest BCUT2D eigenvalue weighted by molar-refractivity contribution is -0.0626. The lowest BCUT2D eigenvalue weighted by atomic mass is 9.71. The van der Waals surface area contributed by atoms with Crippen LogP contribution in [-0.2, 0) is 21.2 Å². The number of benzene rings is 1. The molecule has 4 atom stereocenters. The lowest BCUT2D eigenvalue weighted by Gasteiger charge is -2.50. The summed E-state index contributed by atoms with van der Waals surface area (Å²) in [4.78, 5) is 2.34. The summed E-state index contributed by atoms with van der Waals surface area (Å²) >= 11 is 0. The number of nitrogens with zero attached hydrogens (tertiary/aromatic N) is 1. The average molecular weight is 354 g/mol. The minimum absolute atomic E-state index is 0.0798. The van der Waals surface area contributed by atoms with Crippen LogP contribution in [0, 0.1) is 5.92 Å². The fraction of sp³-hybridized carbons (Fsp3) is 0.647. The van der Waals surface area contributed by atoms with E-state index in [9.17, 15) is 8.42 Å². The molecule has 24 heavy (non-hydrogen) atoms. The number of fused-ring (bicyclic) bond motifs is 1. The molecule has 3 rings (SSSR count). The standard InChI is InChI=1S/C17H26N2O4S/c1-5-11-10-12(6-7-14(11)22-4)24(20,21)18-15-13-8-9-23-17(13)16(15)19(2)3/h6-7,10,13,15-18H,5,8-9H2,1-4H3/t13-,15+,16-,17-/m1/s1. The number of hydrogen-bond acceptors (Lipinski definition) is 5. The molecule has 0 amide bonds. The molecule has 1 N–H and O–H groups in total. The van der Waals surface area contributed by atoms with E-state index in [-0.39, 0.29) is 24.1 Å². The lowest BCUT2D eigenvalue weighted by Crippen LogP contribution is -2.69. The Labute approximate surface area is 144 Å². The monoisotopic (exact) mass is 354 g/mol. The molecule has 1 aromatic rings. The molecule has 0 radical (unpaired) electrons. The molecule has 1 aromatic carbocycles. The molecule has 0 aromatic heterocycles. The number of methoxy groups -OCH3 is 1. The van der Waals surface area contributed by atoms with Crippen LogP contribution in [0.25, 0.3) is 0 Å². The van der Waals surface area contributed by atoms with E-state index in [2.05, 4.69) is 4.72 Å². The second kappa shape index (κ2) is 6.63. The molecule has 2 aliphatic rings. The summed E-state index contributed by atoms with van der Waals surface area (Å²) in [5.41, 5.74) is 0.889. The first-order valence-electron chi connectivity index (χ1n) is 8.36. The second-order valence-electron chi connectivity index (χ2n) is 6.72. The number of likely N-dealkylation sites (N-methyl/N-ethyl adjacent to an activating group) is 1. The zero-order valence-electron chi connectivity index (χ0n) is 14.7. The van der Waals surface area contributed by atoms with Crippen LogP contribution in [0.1, 0.15) is 18.9 Å². The van der Waals surface area contributed by atoms with E-state index in [1.165, 1.54) is 0 Å². The molecule has 0 spiro atoms. The van der Waals surface area contributed by atoms with Gasteiger partial charge in [0.2, 0.25) is 10.0 Å². The number of aryl methyl sites for hydroxylation is 1. The third-order valence-corrected chi connectivity index (χ3v) is 6.64. The zero-order valence-corrected chi connectivity index (χ0v) is 15.5. The third kappa shape index (κ3) is 2.94. The number of hydrogen-bond donors (Lipinski definition) is 1. The summed E-state index contributed by atoms with van der Waals surface area (Å²) in [6, 6.07) is 5.00. The van der Waals surface area contributed by atoms with E-state index in [0.717, 1.165) is 24.2 Å². The van der Waals surface area contributed by atoms with E-state index in [4.69, 9.17) is 9.47 Å². The molecular formula is C17H26N2O4S. The summed E-state index contributed by atoms with van der Waals surface area (Å²) in [5, 5.41) is 0. The topological polar surface area (TPSA) is 67.9 Å². The number of nitrogens with one attached hydrogen (secondary N) is 1. The number of rotatable bonds is 6. The van der Waals surface area contributed by atoms with Crippen molar-refractivity contribution in [1.29, 1.82) is 0 Å². The van der Waals surface area contributed by atoms with E-state index >= 15 is 0 Å². The van der Waals surface area contributed by atoms with E-state index < -0.39 is 10.0 Å². The van der Waals surface area contributed by atoms with Crippen molar-refractivity contribution < 1.29 is 17.9 Å². The Morgan fingerprint density at radius 1 is 1.38 bits per heavy atom. The van der Waals surface area contributed by atoms with Gasteiger partial charge in [-0.15, -0.1) is 0 Å². The minimum Gasteiger partial charge on any atom is -0.496 e. The highest BCUT2D eigenvalue weighted by Gasteiger charge is 2.56. The smallest absolute Gasteiger partial charge is 0.240 e. The highest BCUT2D eigenvalue weighted by molar-refractivity contribution is 7.89. The van der Waals surface area contributed by atoms with Crippen molar-refractivity contribution in [3.63, 3.8) is 0 Å². The largest absolute Gasteiger partial charge is 0.496 e. The van der Waals surface area contributed by atoms with E-state index in [1.54, 1.807) is 25.3 Å². The number of sulfonamides is 1. The molecule has 0 unspecified atom stereocenters. The van der Waals surface area contributed by atoms with E-state index in [1.807, 2.05) is 25.9 Å². The van der Waals surface area contributed by atoms with Gasteiger partial charge in [0, 0.05) is 18.6 Å². The number of ether oxygens (including phenoxy) is 2. The molecule has 1 aliphatic carbocycles. The Balaban J connectivity index is 1.83. The summed E-state index contributed by atoms with van der Waals surface area (Å²) < 4.78 is 39.6. The summed E-state index contributed by atoms with van der Waals surface area (Å²) in [7, 11) is 1.95. The summed E-state index contributed by atoms with van der Waals surface area (Å²) in [6.45, 7) is 2.69. The third-order valence-electron chi connectivity index (χ3n) is 5.18. The van der Waals surface area contributed by atoms with Gasteiger partial charge in [0.15, 0.2) is 0 Å². The molecule has 2 fully saturated rings. The van der Waals surface area contributed by atoms with Gasteiger partial charge in [-0.3, -0.25) is 0 Å². The highest BCUT2D eigenvalue weighted by atomic mass is 32.2. The Kier molecular flexibility index (Phi) is 4.88. The molecule has 1 saturated heterocycles. The van der Waals surface area contributed by atoms with Crippen molar-refractivity contribution >= 4 is 10.0 Å². The van der Waals surface area contributed by atoms with Crippen LogP contribution in [-0.4, -0.2) is 59.3 Å². The van der Waals surface area contributed by atoms with Crippen LogP contribution in [0.4, 0.5) is 0 Å². The van der Waals surface area contributed by atoms with Gasteiger partial charge < -0.3 is 14.4 Å². The zero-order chi connectivity index (χ0) is 17.5. The Morgan fingerprint density at radius 3 is 2.75 bits per heavy atom. The molecule has 134 valence electrons. The molecule has 0 bridgehead atoms. The van der Waals surface area contributed by atoms with Crippen LogP contribution >= 0.6 is 0 Å². The first-order chi connectivity index (χ1) is 11.4. The molecule has 1 saturated carbocycles. The maximum atomic E-state index is 12.8. The van der Waals surface area contributed by atoms with Gasteiger partial charge >= 0.3 is 0 Å². The predicted octanol–water partition coefficient (Wildman–Crippen LogP) is 1.25. The Morgan fingerprint density at radius 2 is 2.12 bits per heavy atom. The van der Waals surface area contributed by atoms with Gasteiger partial charge in [-0.05, 0) is 50.7 Å². The van der Waals surface area contributed by atoms with Gasteiger partial charge in [-0.25, -0.2) is 13.1 Å². The molecule has 6 nitrogen and oxygen atoms in total. The molecule has 7 heteroatoms. The molecule has 1 aliphatic heterocycles. The van der Waals surface area contributed by atoms with Crippen molar-refractivity contribution in [2.75, 3.05) is 27.8 Å². The van der Waals surface area contributed by atoms with Crippen LogP contribution in [0.2, 0.25) is 0 Å². The second-order valence-corrected chi connectivity index (χ2v) is 8.43. The fourth-order valence-corrected chi connectivity index (χ4v) is 5.25. The SMILES string of the molecule is CCc1cc(S(=O)(=O)N[C@H]2[C@H]3CCO[C@H]3[C@@H]2N(C)C)ccc1OC. The van der Waals surface area contributed by atoms with Gasteiger partial charge in [0.05, 0.1) is 24.2 Å². The summed E-state index contributed by atoms with van der Waals surface area (Å²) in [6.07, 6.45) is 1.76. The molecular weight excluding hydrogens is 328 g/mol.